The van der Waals surface area contributed by atoms with E-state index in [1.165, 1.54) is 24.3 Å². The maximum atomic E-state index is 14.1. The van der Waals surface area contributed by atoms with Crippen molar-refractivity contribution in [3.05, 3.63) is 83.7 Å². The van der Waals surface area contributed by atoms with Crippen molar-refractivity contribution >= 4 is 5.91 Å². The van der Waals surface area contributed by atoms with Crippen LogP contribution in [-0.2, 0) is 22.5 Å². The predicted octanol–water partition coefficient (Wildman–Crippen LogP) is 3.99. The number of aromatic nitrogens is 1. The highest BCUT2D eigenvalue weighted by atomic mass is 19.1. The molecular weight excluding hydrogens is 452 g/mol. The number of amides is 1. The molecule has 0 aliphatic carbocycles. The third-order valence-electron chi connectivity index (χ3n) is 5.76. The van der Waals surface area contributed by atoms with Gasteiger partial charge in [-0.15, -0.1) is 0 Å². The minimum atomic E-state index is -0.405. The highest BCUT2D eigenvalue weighted by Gasteiger charge is 2.10. The van der Waals surface area contributed by atoms with Gasteiger partial charge in [0.1, 0.15) is 17.4 Å². The Morgan fingerprint density at radius 3 is 2.51 bits per heavy atom. The predicted molar refractivity (Wildman–Crippen MR) is 129 cm³/mol. The topological polar surface area (TPSA) is 63.7 Å². The molecule has 4 rings (SSSR count). The van der Waals surface area contributed by atoms with Gasteiger partial charge in [0, 0.05) is 49.7 Å². The number of halogens is 2. The van der Waals surface area contributed by atoms with Gasteiger partial charge in [-0.1, -0.05) is 18.2 Å². The molecule has 0 saturated carbocycles. The molecule has 6 nitrogen and oxygen atoms in total. The molecule has 1 N–H and O–H groups in total. The first-order valence-electron chi connectivity index (χ1n) is 11.7. The molecule has 1 amide bonds. The Morgan fingerprint density at radius 1 is 1.00 bits per heavy atom. The number of rotatable bonds is 10. The number of nitrogens with one attached hydrogen (secondary N) is 1. The summed E-state index contributed by atoms with van der Waals surface area (Å²) in [6, 6.07) is 14.2. The average molecular weight is 482 g/mol. The second-order valence-corrected chi connectivity index (χ2v) is 8.45. The van der Waals surface area contributed by atoms with Crippen molar-refractivity contribution in [2.24, 2.45) is 0 Å². The van der Waals surface area contributed by atoms with Gasteiger partial charge in [-0.3, -0.25) is 14.7 Å². The Hall–Kier alpha value is -3.36. The highest BCUT2D eigenvalue weighted by molar-refractivity contribution is 5.78. The van der Waals surface area contributed by atoms with Crippen LogP contribution in [0.25, 0.3) is 11.1 Å². The highest BCUT2D eigenvalue weighted by Crippen LogP contribution is 2.19. The third-order valence-corrected chi connectivity index (χ3v) is 5.76. The molecule has 0 radical (unpaired) electrons. The van der Waals surface area contributed by atoms with Gasteiger partial charge in [-0.05, 0) is 47.9 Å². The molecule has 184 valence electrons. The van der Waals surface area contributed by atoms with Crippen LogP contribution in [0.2, 0.25) is 0 Å². The first-order valence-corrected chi connectivity index (χ1v) is 11.7. The Balaban J connectivity index is 1.23. The van der Waals surface area contributed by atoms with Crippen molar-refractivity contribution in [3.63, 3.8) is 0 Å². The molecule has 1 aromatic heterocycles. The molecule has 2 aromatic carbocycles. The smallest absolute Gasteiger partial charge is 0.226 e. The fraction of sp³-hybridized carbons (Fsp3) is 0.333. The minimum absolute atomic E-state index is 0.101. The van der Waals surface area contributed by atoms with Crippen LogP contribution < -0.4 is 10.1 Å². The average Bonchev–Trinajstić information content (AvgIpc) is 2.87. The molecule has 0 spiro atoms. The van der Waals surface area contributed by atoms with Crippen molar-refractivity contribution in [2.75, 3.05) is 39.5 Å². The van der Waals surface area contributed by atoms with E-state index in [1.54, 1.807) is 30.5 Å². The van der Waals surface area contributed by atoms with Gasteiger partial charge >= 0.3 is 0 Å². The summed E-state index contributed by atoms with van der Waals surface area (Å²) in [6.07, 6.45) is 2.60. The van der Waals surface area contributed by atoms with E-state index in [0.29, 0.717) is 23.6 Å². The zero-order valence-electron chi connectivity index (χ0n) is 19.5. The molecule has 0 unspecified atom stereocenters. The summed E-state index contributed by atoms with van der Waals surface area (Å²) in [5.41, 5.74) is 2.92. The van der Waals surface area contributed by atoms with Gasteiger partial charge < -0.3 is 14.8 Å². The molecule has 1 saturated heterocycles. The lowest BCUT2D eigenvalue weighted by Crippen LogP contribution is -2.37. The number of hydrogen-bond donors (Lipinski definition) is 1. The lowest BCUT2D eigenvalue weighted by Gasteiger charge is -2.26. The van der Waals surface area contributed by atoms with E-state index in [1.807, 2.05) is 6.07 Å². The van der Waals surface area contributed by atoms with Crippen LogP contribution in [0.15, 0.2) is 60.8 Å². The number of ether oxygens (including phenoxy) is 2. The van der Waals surface area contributed by atoms with Crippen molar-refractivity contribution in [2.45, 2.75) is 19.4 Å². The van der Waals surface area contributed by atoms with Gasteiger partial charge in [0.15, 0.2) is 0 Å². The zero-order valence-corrected chi connectivity index (χ0v) is 19.5. The normalized spacial score (nSPS) is 14.0. The monoisotopic (exact) mass is 481 g/mol. The number of carbonyl (C=O) groups excluding carboxylic acids is 1. The van der Waals surface area contributed by atoms with Crippen molar-refractivity contribution < 1.29 is 23.0 Å². The van der Waals surface area contributed by atoms with Crippen LogP contribution in [0, 0.1) is 11.6 Å². The molecule has 1 aliphatic rings. The summed E-state index contributed by atoms with van der Waals surface area (Å²) in [4.78, 5) is 19.0. The third kappa shape index (κ3) is 7.83. The van der Waals surface area contributed by atoms with E-state index in [0.717, 1.165) is 50.4 Å². The summed E-state index contributed by atoms with van der Waals surface area (Å²) < 4.78 is 38.2. The second-order valence-electron chi connectivity index (χ2n) is 8.45. The fourth-order valence-electron chi connectivity index (χ4n) is 3.88. The van der Waals surface area contributed by atoms with E-state index in [9.17, 15) is 13.6 Å². The van der Waals surface area contributed by atoms with Gasteiger partial charge in [0.05, 0.1) is 26.2 Å². The number of pyridine rings is 1. The SMILES string of the molecule is O=C(Cc1ccc(-c2ccc(F)cc2)cn1)NCc1cc(F)cc(OCCCN2CCOCC2)c1. The van der Waals surface area contributed by atoms with Crippen LogP contribution in [0.5, 0.6) is 5.75 Å². The number of hydrogen-bond acceptors (Lipinski definition) is 5. The number of morpholine rings is 1. The zero-order chi connectivity index (χ0) is 24.5. The Labute approximate surface area is 203 Å². The van der Waals surface area contributed by atoms with Crippen molar-refractivity contribution in [1.82, 2.24) is 15.2 Å². The molecule has 2 heterocycles. The maximum Gasteiger partial charge on any atom is 0.226 e. The first-order chi connectivity index (χ1) is 17.0. The molecule has 35 heavy (non-hydrogen) atoms. The molecule has 0 atom stereocenters. The molecular formula is C27H29F2N3O3. The fourth-order valence-corrected chi connectivity index (χ4v) is 3.88. The summed E-state index contributed by atoms with van der Waals surface area (Å²) in [7, 11) is 0. The van der Waals surface area contributed by atoms with Gasteiger partial charge in [-0.25, -0.2) is 8.78 Å². The van der Waals surface area contributed by atoms with Crippen LogP contribution in [0.1, 0.15) is 17.7 Å². The second kappa shape index (κ2) is 12.4. The van der Waals surface area contributed by atoms with E-state index in [-0.39, 0.29) is 24.7 Å². The summed E-state index contributed by atoms with van der Waals surface area (Å²) >= 11 is 0. The Bertz CT molecular complexity index is 1100. The van der Waals surface area contributed by atoms with Crippen LogP contribution >= 0.6 is 0 Å². The number of carbonyl (C=O) groups is 1. The van der Waals surface area contributed by atoms with E-state index >= 15 is 0 Å². The van der Waals surface area contributed by atoms with E-state index in [4.69, 9.17) is 9.47 Å². The molecule has 1 fully saturated rings. The van der Waals surface area contributed by atoms with E-state index in [2.05, 4.69) is 15.2 Å². The summed E-state index contributed by atoms with van der Waals surface area (Å²) in [6.45, 7) is 4.98. The largest absolute Gasteiger partial charge is 0.493 e. The minimum Gasteiger partial charge on any atom is -0.493 e. The molecule has 0 bridgehead atoms. The number of nitrogens with zero attached hydrogens (tertiary/aromatic N) is 2. The quantitative estimate of drug-likeness (QED) is 0.444. The Kier molecular flexibility index (Phi) is 8.75. The van der Waals surface area contributed by atoms with Crippen molar-refractivity contribution in [3.8, 4) is 16.9 Å². The number of benzene rings is 2. The first kappa shape index (κ1) is 24.8. The Morgan fingerprint density at radius 2 is 1.77 bits per heavy atom. The van der Waals surface area contributed by atoms with Crippen LogP contribution in [0.3, 0.4) is 0 Å². The summed E-state index contributed by atoms with van der Waals surface area (Å²) in [5.74, 6) is -0.465. The van der Waals surface area contributed by atoms with E-state index < -0.39 is 5.82 Å². The lowest BCUT2D eigenvalue weighted by molar-refractivity contribution is -0.120. The molecule has 8 heteroatoms. The van der Waals surface area contributed by atoms with Crippen LogP contribution in [-0.4, -0.2) is 55.2 Å². The van der Waals surface area contributed by atoms with Crippen molar-refractivity contribution in [1.29, 1.82) is 0 Å². The standard InChI is InChI=1S/C27H29F2N3O3/c28-23-5-2-21(3-6-23)22-4-7-25(30-19-22)17-27(33)31-18-20-14-24(29)16-26(15-20)35-11-1-8-32-9-12-34-13-10-32/h2-7,14-16,19H,1,8-13,17-18H2,(H,31,33). The lowest BCUT2D eigenvalue weighted by atomic mass is 10.1. The van der Waals surface area contributed by atoms with Gasteiger partial charge in [-0.2, -0.15) is 0 Å². The summed E-state index contributed by atoms with van der Waals surface area (Å²) in [5, 5.41) is 2.80. The maximum absolute atomic E-state index is 14.1. The van der Waals surface area contributed by atoms with Crippen LogP contribution in [0.4, 0.5) is 8.78 Å². The molecule has 3 aromatic rings. The van der Waals surface area contributed by atoms with Gasteiger partial charge in [0.25, 0.3) is 0 Å². The van der Waals surface area contributed by atoms with Gasteiger partial charge in [0.2, 0.25) is 5.91 Å². The molecule has 1 aliphatic heterocycles.